The zero-order valence-electron chi connectivity index (χ0n) is 9.06. The van der Waals surface area contributed by atoms with Gasteiger partial charge in [0.1, 0.15) is 0 Å². The highest BCUT2D eigenvalue weighted by molar-refractivity contribution is 5.24. The third-order valence-electron chi connectivity index (χ3n) is 1.73. The first-order valence-corrected chi connectivity index (χ1v) is 4.67. The van der Waals surface area contributed by atoms with Gasteiger partial charge >= 0.3 is 0 Å². The molecular formula is C13H20. The van der Waals surface area contributed by atoms with Crippen molar-refractivity contribution in [2.75, 3.05) is 0 Å². The molecule has 0 saturated carbocycles. The van der Waals surface area contributed by atoms with Gasteiger partial charge in [0.25, 0.3) is 0 Å². The summed E-state index contributed by atoms with van der Waals surface area (Å²) in [6.07, 6.45) is 8.26. The van der Waals surface area contributed by atoms with Gasteiger partial charge in [-0.25, -0.2) is 0 Å². The highest BCUT2D eigenvalue weighted by Crippen LogP contribution is 2.11. The molecule has 0 unspecified atom stereocenters. The minimum absolute atomic E-state index is 1.04. The fourth-order valence-corrected chi connectivity index (χ4v) is 0.885. The third kappa shape index (κ3) is 7.32. The first kappa shape index (κ1) is 12.0. The fourth-order valence-electron chi connectivity index (χ4n) is 0.885. The number of hydrogen-bond acceptors (Lipinski definition) is 0. The zero-order valence-corrected chi connectivity index (χ0v) is 9.06. The van der Waals surface area contributed by atoms with Gasteiger partial charge in [0.05, 0.1) is 0 Å². The van der Waals surface area contributed by atoms with E-state index in [1.807, 2.05) is 6.08 Å². The lowest BCUT2D eigenvalue weighted by Gasteiger charge is -2.00. The summed E-state index contributed by atoms with van der Waals surface area (Å²) in [6.45, 7) is 13.9. The first-order valence-electron chi connectivity index (χ1n) is 4.67. The van der Waals surface area contributed by atoms with Gasteiger partial charge in [0, 0.05) is 0 Å². The quantitative estimate of drug-likeness (QED) is 0.429. The average Bonchev–Trinajstić information content (AvgIpc) is 2.04. The van der Waals surface area contributed by atoms with Crippen molar-refractivity contribution in [2.45, 2.75) is 33.6 Å². The van der Waals surface area contributed by atoms with Crippen LogP contribution < -0.4 is 0 Å². The van der Waals surface area contributed by atoms with Crippen LogP contribution in [0.2, 0.25) is 0 Å². The van der Waals surface area contributed by atoms with Gasteiger partial charge in [-0.2, -0.15) is 0 Å². The molecule has 0 aromatic heterocycles. The topological polar surface area (TPSA) is 0 Å². The van der Waals surface area contributed by atoms with E-state index in [0.29, 0.717) is 0 Å². The highest BCUT2D eigenvalue weighted by Gasteiger charge is 1.91. The van der Waals surface area contributed by atoms with Gasteiger partial charge in [0.15, 0.2) is 0 Å². The molecular weight excluding hydrogens is 156 g/mol. The molecule has 0 aliphatic carbocycles. The van der Waals surface area contributed by atoms with Crippen molar-refractivity contribution < 1.29 is 0 Å². The van der Waals surface area contributed by atoms with Crippen LogP contribution in [0.3, 0.4) is 0 Å². The summed E-state index contributed by atoms with van der Waals surface area (Å²) in [4.78, 5) is 0. The van der Waals surface area contributed by atoms with Crippen LogP contribution in [0.4, 0.5) is 0 Å². The van der Waals surface area contributed by atoms with Crippen molar-refractivity contribution in [3.63, 3.8) is 0 Å². The molecule has 0 aromatic carbocycles. The maximum absolute atomic E-state index is 3.88. The maximum Gasteiger partial charge on any atom is -0.0242 e. The van der Waals surface area contributed by atoms with Crippen LogP contribution in [0.5, 0.6) is 0 Å². The van der Waals surface area contributed by atoms with Gasteiger partial charge in [-0.3, -0.25) is 0 Å². The van der Waals surface area contributed by atoms with Crippen LogP contribution in [0, 0.1) is 0 Å². The van der Waals surface area contributed by atoms with E-state index >= 15 is 0 Å². The molecule has 0 N–H and O–H groups in total. The normalized spacial score (nSPS) is 10.8. The molecule has 0 spiro atoms. The Balaban J connectivity index is 4.18. The Morgan fingerprint density at radius 2 is 1.69 bits per heavy atom. The Kier molecular flexibility index (Phi) is 5.96. The molecule has 0 saturated heterocycles. The standard InChI is InChI=1S/C13H20/c1-6-13(9-7-11(2)3)10-8-12(4)5/h6,8,10H,1-2,7,9H2,3-5H3/b13-10+. The molecule has 0 aromatic rings. The molecule has 0 heterocycles. The van der Waals surface area contributed by atoms with Crippen LogP contribution in [-0.4, -0.2) is 0 Å². The first-order chi connectivity index (χ1) is 6.06. The molecule has 0 aliphatic heterocycles. The largest absolute Gasteiger partial charge is 0.100 e. The van der Waals surface area contributed by atoms with E-state index in [9.17, 15) is 0 Å². The molecule has 0 atom stereocenters. The summed E-state index contributed by atoms with van der Waals surface area (Å²) < 4.78 is 0. The Morgan fingerprint density at radius 3 is 2.08 bits per heavy atom. The smallest absolute Gasteiger partial charge is 0.0242 e. The van der Waals surface area contributed by atoms with Crippen LogP contribution in [0.1, 0.15) is 33.6 Å². The SMILES string of the molecule is C=C/C(=C\C=C(C)C)CCC(=C)C. The van der Waals surface area contributed by atoms with Crippen molar-refractivity contribution in [1.82, 2.24) is 0 Å². The summed E-state index contributed by atoms with van der Waals surface area (Å²) in [5.41, 5.74) is 3.82. The van der Waals surface area contributed by atoms with E-state index < -0.39 is 0 Å². The Bertz CT molecular complexity index is 235. The molecule has 0 aliphatic rings. The fraction of sp³-hybridized carbons (Fsp3) is 0.385. The lowest BCUT2D eigenvalue weighted by atomic mass is 10.1. The van der Waals surface area contributed by atoms with Gasteiger partial charge in [-0.1, -0.05) is 36.0 Å². The lowest BCUT2D eigenvalue weighted by molar-refractivity contribution is 0.951. The molecule has 0 rings (SSSR count). The molecule has 0 bridgehead atoms. The minimum Gasteiger partial charge on any atom is -0.100 e. The summed E-state index contributed by atoms with van der Waals surface area (Å²) in [5, 5.41) is 0. The Hall–Kier alpha value is -1.04. The Morgan fingerprint density at radius 1 is 1.08 bits per heavy atom. The van der Waals surface area contributed by atoms with Crippen LogP contribution in [0.15, 0.2) is 48.1 Å². The third-order valence-corrected chi connectivity index (χ3v) is 1.73. The van der Waals surface area contributed by atoms with Crippen molar-refractivity contribution in [3.05, 3.63) is 48.1 Å². The van der Waals surface area contributed by atoms with Crippen LogP contribution >= 0.6 is 0 Å². The van der Waals surface area contributed by atoms with Crippen LogP contribution in [0.25, 0.3) is 0 Å². The predicted octanol–water partition coefficient (Wildman–Crippen LogP) is 4.42. The van der Waals surface area contributed by atoms with Crippen molar-refractivity contribution in [3.8, 4) is 0 Å². The number of rotatable bonds is 5. The van der Waals surface area contributed by atoms with Crippen molar-refractivity contribution >= 4 is 0 Å². The summed E-state index contributed by atoms with van der Waals surface area (Å²) in [6, 6.07) is 0. The van der Waals surface area contributed by atoms with E-state index in [-0.39, 0.29) is 0 Å². The van der Waals surface area contributed by atoms with E-state index in [1.165, 1.54) is 16.7 Å². The van der Waals surface area contributed by atoms with Gasteiger partial charge in [-0.05, 0) is 39.2 Å². The van der Waals surface area contributed by atoms with E-state index in [2.05, 4.69) is 46.1 Å². The van der Waals surface area contributed by atoms with E-state index in [4.69, 9.17) is 0 Å². The number of allylic oxidation sites excluding steroid dienone is 6. The van der Waals surface area contributed by atoms with Crippen molar-refractivity contribution in [2.24, 2.45) is 0 Å². The van der Waals surface area contributed by atoms with Gasteiger partial charge in [0.2, 0.25) is 0 Å². The van der Waals surface area contributed by atoms with Crippen LogP contribution in [-0.2, 0) is 0 Å². The molecule has 13 heavy (non-hydrogen) atoms. The van der Waals surface area contributed by atoms with Gasteiger partial charge < -0.3 is 0 Å². The monoisotopic (exact) mass is 176 g/mol. The predicted molar refractivity (Wildman–Crippen MR) is 61.8 cm³/mol. The minimum atomic E-state index is 1.04. The molecule has 0 radical (unpaired) electrons. The highest BCUT2D eigenvalue weighted by atomic mass is 14.0. The molecule has 0 heteroatoms. The summed E-state index contributed by atoms with van der Waals surface area (Å²) in [7, 11) is 0. The average molecular weight is 176 g/mol. The summed E-state index contributed by atoms with van der Waals surface area (Å²) >= 11 is 0. The second-order valence-electron chi connectivity index (χ2n) is 3.65. The maximum atomic E-state index is 3.88. The molecule has 0 fully saturated rings. The Labute approximate surface area is 82.4 Å². The lowest BCUT2D eigenvalue weighted by Crippen LogP contribution is -1.80. The second kappa shape index (κ2) is 6.47. The van der Waals surface area contributed by atoms with Crippen molar-refractivity contribution in [1.29, 1.82) is 0 Å². The molecule has 72 valence electrons. The summed E-state index contributed by atoms with van der Waals surface area (Å²) in [5.74, 6) is 0. The number of hydrogen-bond donors (Lipinski definition) is 0. The zero-order chi connectivity index (χ0) is 10.3. The molecule has 0 amide bonds. The molecule has 0 nitrogen and oxygen atoms in total. The second-order valence-corrected chi connectivity index (χ2v) is 3.65. The van der Waals surface area contributed by atoms with E-state index in [0.717, 1.165) is 12.8 Å². The van der Waals surface area contributed by atoms with Gasteiger partial charge in [-0.15, -0.1) is 6.58 Å². The van der Waals surface area contributed by atoms with E-state index in [1.54, 1.807) is 0 Å².